The van der Waals surface area contributed by atoms with Crippen LogP contribution in [0, 0.1) is 7.14 Å². The molecule has 1 saturated heterocycles. The van der Waals surface area contributed by atoms with Gasteiger partial charge in [-0.2, -0.15) is 11.8 Å². The molecule has 0 aromatic carbocycles. The molecule has 0 N–H and O–H groups in total. The van der Waals surface area contributed by atoms with Crippen LogP contribution in [0.5, 0.6) is 0 Å². The van der Waals surface area contributed by atoms with Crippen LogP contribution in [-0.2, 0) is 11.3 Å². The molecule has 1 aliphatic rings. The van der Waals surface area contributed by atoms with Gasteiger partial charge in [0.1, 0.15) is 6.54 Å². The highest BCUT2D eigenvalue weighted by molar-refractivity contribution is 14.1. The van der Waals surface area contributed by atoms with Gasteiger partial charge in [0.2, 0.25) is 11.3 Å². The fourth-order valence-corrected chi connectivity index (χ4v) is 4.44. The summed E-state index contributed by atoms with van der Waals surface area (Å²) >= 11 is 5.91. The Kier molecular flexibility index (Phi) is 5.36. The molecule has 0 aliphatic carbocycles. The predicted molar refractivity (Wildman–Crippen MR) is 90.0 cm³/mol. The van der Waals surface area contributed by atoms with E-state index < -0.39 is 0 Å². The maximum Gasteiger partial charge on any atom is 0.242 e. The third kappa shape index (κ3) is 3.62. The average molecular weight is 490 g/mol. The minimum Gasteiger partial charge on any atom is -0.343 e. The van der Waals surface area contributed by atoms with Gasteiger partial charge in [0.05, 0.1) is 7.14 Å². The lowest BCUT2D eigenvalue weighted by Crippen LogP contribution is -2.40. The Morgan fingerprint density at radius 2 is 1.78 bits per heavy atom. The van der Waals surface area contributed by atoms with E-state index in [2.05, 4.69) is 0 Å². The van der Waals surface area contributed by atoms with Gasteiger partial charge in [-0.3, -0.25) is 9.59 Å². The second kappa shape index (κ2) is 6.60. The normalized spacial score (nSPS) is 15.8. The Hall–Kier alpha value is 0.230. The summed E-state index contributed by atoms with van der Waals surface area (Å²) in [7, 11) is 0. The molecule has 0 radical (unpaired) electrons. The van der Waals surface area contributed by atoms with E-state index in [0.29, 0.717) is 13.7 Å². The molecule has 1 amide bonds. The molecule has 1 aliphatic heterocycles. The number of thioether (sulfide) groups is 1. The summed E-state index contributed by atoms with van der Waals surface area (Å²) in [4.78, 5) is 25.6. The minimum atomic E-state index is 0.0364. The molecule has 1 aromatic heterocycles. The predicted octanol–water partition coefficient (Wildman–Crippen LogP) is 1.63. The second-order valence-electron chi connectivity index (χ2n) is 3.95. The zero-order valence-corrected chi connectivity index (χ0v) is 14.7. The summed E-state index contributed by atoms with van der Waals surface area (Å²) < 4.78 is 3.11. The Morgan fingerprint density at radius 3 is 2.33 bits per heavy atom. The van der Waals surface area contributed by atoms with E-state index in [9.17, 15) is 9.59 Å². The van der Waals surface area contributed by atoms with Crippen molar-refractivity contribution in [2.45, 2.75) is 6.54 Å². The van der Waals surface area contributed by atoms with Gasteiger partial charge in [-0.15, -0.1) is 0 Å². The topological polar surface area (TPSA) is 42.3 Å². The molecule has 2 rings (SSSR count). The second-order valence-corrected chi connectivity index (χ2v) is 7.50. The zero-order chi connectivity index (χ0) is 13.1. The van der Waals surface area contributed by atoms with Crippen molar-refractivity contribution in [2.24, 2.45) is 0 Å². The molecule has 1 fully saturated rings. The van der Waals surface area contributed by atoms with Gasteiger partial charge in [-0.1, -0.05) is 0 Å². The first kappa shape index (κ1) is 14.6. The zero-order valence-electron chi connectivity index (χ0n) is 9.57. The van der Waals surface area contributed by atoms with Crippen molar-refractivity contribution in [3.8, 4) is 0 Å². The van der Waals surface area contributed by atoms with Gasteiger partial charge in [0, 0.05) is 37.0 Å². The lowest BCUT2D eigenvalue weighted by Gasteiger charge is -2.26. The van der Waals surface area contributed by atoms with Gasteiger partial charge in [0.15, 0.2) is 0 Å². The lowest BCUT2D eigenvalue weighted by atomic mass is 10.4. The summed E-state index contributed by atoms with van der Waals surface area (Å²) in [5, 5.41) is 0. The van der Waals surface area contributed by atoms with Gasteiger partial charge >= 0.3 is 0 Å². The standard InChI is InChI=1S/C11H12I2N2O2S/c12-8-5-14(6-9(13)11(8)17)7-10(16)15-1-3-18-4-2-15/h5-6H,1-4,7H2. The third-order valence-electron chi connectivity index (χ3n) is 2.67. The van der Waals surface area contributed by atoms with E-state index in [1.165, 1.54) is 0 Å². The number of amides is 1. The minimum absolute atomic E-state index is 0.0364. The van der Waals surface area contributed by atoms with Crippen LogP contribution in [-0.4, -0.2) is 40.0 Å². The Morgan fingerprint density at radius 1 is 1.22 bits per heavy atom. The molecular weight excluding hydrogens is 478 g/mol. The molecule has 2 heterocycles. The highest BCUT2D eigenvalue weighted by atomic mass is 127. The number of carbonyl (C=O) groups is 1. The molecule has 0 spiro atoms. The Labute approximate surface area is 137 Å². The number of pyridine rings is 1. The molecule has 18 heavy (non-hydrogen) atoms. The smallest absolute Gasteiger partial charge is 0.242 e. The molecule has 1 aromatic rings. The van der Waals surface area contributed by atoms with Gasteiger partial charge in [-0.05, 0) is 45.2 Å². The van der Waals surface area contributed by atoms with Crippen LogP contribution in [0.25, 0.3) is 0 Å². The van der Waals surface area contributed by atoms with E-state index in [1.807, 2.05) is 61.8 Å². The Bertz CT molecular complexity index is 486. The van der Waals surface area contributed by atoms with Crippen molar-refractivity contribution >= 4 is 62.9 Å². The summed E-state index contributed by atoms with van der Waals surface area (Å²) in [6, 6.07) is 0. The molecule has 7 heteroatoms. The largest absolute Gasteiger partial charge is 0.343 e. The molecule has 0 saturated carbocycles. The van der Waals surface area contributed by atoms with Crippen molar-refractivity contribution in [3.05, 3.63) is 29.8 Å². The maximum absolute atomic E-state index is 12.1. The van der Waals surface area contributed by atoms with Gasteiger partial charge in [-0.25, -0.2) is 0 Å². The van der Waals surface area contributed by atoms with Crippen LogP contribution in [0.3, 0.4) is 0 Å². The third-order valence-corrected chi connectivity index (χ3v) is 5.15. The number of rotatable bonds is 2. The van der Waals surface area contributed by atoms with Crippen LogP contribution in [0.2, 0.25) is 0 Å². The highest BCUT2D eigenvalue weighted by Crippen LogP contribution is 2.10. The van der Waals surface area contributed by atoms with E-state index in [4.69, 9.17) is 0 Å². The van der Waals surface area contributed by atoms with Crippen LogP contribution >= 0.6 is 56.9 Å². The summed E-state index contributed by atoms with van der Waals surface area (Å²) in [5.41, 5.74) is 0.0364. The van der Waals surface area contributed by atoms with Crippen molar-refractivity contribution in [1.82, 2.24) is 9.47 Å². The Balaban J connectivity index is 2.09. The number of carbonyl (C=O) groups excluding carboxylic acids is 1. The maximum atomic E-state index is 12.1. The first-order valence-electron chi connectivity index (χ1n) is 5.48. The van der Waals surface area contributed by atoms with Crippen molar-refractivity contribution < 1.29 is 4.79 Å². The van der Waals surface area contributed by atoms with Gasteiger partial charge < -0.3 is 9.47 Å². The lowest BCUT2D eigenvalue weighted by molar-refractivity contribution is -0.131. The van der Waals surface area contributed by atoms with Crippen LogP contribution in [0.15, 0.2) is 17.2 Å². The number of hydrogen-bond donors (Lipinski definition) is 0. The first-order chi connectivity index (χ1) is 8.58. The van der Waals surface area contributed by atoms with Crippen molar-refractivity contribution in [3.63, 3.8) is 0 Å². The molecule has 0 bridgehead atoms. The van der Waals surface area contributed by atoms with Gasteiger partial charge in [0.25, 0.3) is 0 Å². The summed E-state index contributed by atoms with van der Waals surface area (Å²) in [5.74, 6) is 2.17. The summed E-state index contributed by atoms with van der Waals surface area (Å²) in [6.45, 7) is 1.98. The number of halogens is 2. The fraction of sp³-hybridized carbons (Fsp3) is 0.455. The molecule has 0 atom stereocenters. The van der Waals surface area contributed by atoms with E-state index in [-0.39, 0.29) is 11.3 Å². The molecular formula is C11H12I2N2O2S. The fourth-order valence-electron chi connectivity index (χ4n) is 1.72. The van der Waals surface area contributed by atoms with Crippen molar-refractivity contribution in [1.29, 1.82) is 0 Å². The average Bonchev–Trinajstić information content (AvgIpc) is 2.37. The van der Waals surface area contributed by atoms with E-state index in [1.54, 1.807) is 17.0 Å². The number of aromatic nitrogens is 1. The van der Waals surface area contributed by atoms with Crippen molar-refractivity contribution in [2.75, 3.05) is 24.6 Å². The molecule has 4 nitrogen and oxygen atoms in total. The quantitative estimate of drug-likeness (QED) is 0.593. The first-order valence-corrected chi connectivity index (χ1v) is 8.80. The number of nitrogens with zero attached hydrogens (tertiary/aromatic N) is 2. The van der Waals surface area contributed by atoms with E-state index >= 15 is 0 Å². The SMILES string of the molecule is O=C(Cn1cc(I)c(=O)c(I)c1)N1CCSCC1. The number of hydrogen-bond acceptors (Lipinski definition) is 3. The molecule has 0 unspecified atom stereocenters. The summed E-state index contributed by atoms with van der Waals surface area (Å²) in [6.07, 6.45) is 3.48. The van der Waals surface area contributed by atoms with Crippen LogP contribution < -0.4 is 5.43 Å². The van der Waals surface area contributed by atoms with Crippen LogP contribution in [0.4, 0.5) is 0 Å². The monoisotopic (exact) mass is 490 g/mol. The van der Waals surface area contributed by atoms with Crippen LogP contribution in [0.1, 0.15) is 0 Å². The van der Waals surface area contributed by atoms with E-state index in [0.717, 1.165) is 24.6 Å². The molecule has 98 valence electrons. The highest BCUT2D eigenvalue weighted by Gasteiger charge is 2.17.